The third kappa shape index (κ3) is 4.10. The summed E-state index contributed by atoms with van der Waals surface area (Å²) in [5.41, 5.74) is 6.72. The Morgan fingerprint density at radius 1 is 1.18 bits per heavy atom. The van der Waals surface area contributed by atoms with Crippen LogP contribution in [0.2, 0.25) is 0 Å². The molecule has 0 saturated heterocycles. The van der Waals surface area contributed by atoms with Crippen LogP contribution < -0.4 is 5.73 Å². The predicted molar refractivity (Wildman–Crippen MR) is 68.2 cm³/mol. The maximum Gasteiger partial charge on any atom is 0.123 e. The molecule has 0 aliphatic rings. The van der Waals surface area contributed by atoms with E-state index in [-0.39, 0.29) is 24.1 Å². The van der Waals surface area contributed by atoms with Crippen molar-refractivity contribution < 1.29 is 9.13 Å². The van der Waals surface area contributed by atoms with Gasteiger partial charge in [-0.3, -0.25) is 0 Å². The van der Waals surface area contributed by atoms with E-state index >= 15 is 0 Å². The molecule has 0 heterocycles. The molecule has 3 unspecified atom stereocenters. The van der Waals surface area contributed by atoms with Gasteiger partial charge in [0.05, 0.1) is 12.2 Å². The van der Waals surface area contributed by atoms with Crippen LogP contribution >= 0.6 is 0 Å². The molecule has 0 bridgehead atoms. The van der Waals surface area contributed by atoms with Crippen LogP contribution in [0.5, 0.6) is 0 Å². The Morgan fingerprint density at radius 3 is 2.29 bits per heavy atom. The Balaban J connectivity index is 2.86. The third-order valence-electron chi connectivity index (χ3n) is 2.95. The van der Waals surface area contributed by atoms with Gasteiger partial charge in [-0.05, 0) is 37.5 Å². The monoisotopic (exact) mass is 239 g/mol. The van der Waals surface area contributed by atoms with E-state index in [4.69, 9.17) is 10.5 Å². The highest BCUT2D eigenvalue weighted by Crippen LogP contribution is 2.24. The summed E-state index contributed by atoms with van der Waals surface area (Å²) >= 11 is 0. The zero-order chi connectivity index (χ0) is 13.0. The Hall–Kier alpha value is -0.930. The molecule has 3 atom stereocenters. The van der Waals surface area contributed by atoms with Gasteiger partial charge < -0.3 is 10.5 Å². The van der Waals surface area contributed by atoms with Gasteiger partial charge in [0.25, 0.3) is 0 Å². The Labute approximate surface area is 103 Å². The van der Waals surface area contributed by atoms with Crippen molar-refractivity contribution in [3.63, 3.8) is 0 Å². The van der Waals surface area contributed by atoms with Gasteiger partial charge in [0.2, 0.25) is 0 Å². The standard InChI is InChI=1S/C14H22FNO/c1-9(2)11(4)17-14(10(3)16)12-6-5-7-13(15)8-12/h5-11,14H,16H2,1-4H3. The summed E-state index contributed by atoms with van der Waals surface area (Å²) in [5.74, 6) is 0.152. The quantitative estimate of drug-likeness (QED) is 0.855. The molecule has 0 fully saturated rings. The summed E-state index contributed by atoms with van der Waals surface area (Å²) in [4.78, 5) is 0. The Morgan fingerprint density at radius 2 is 1.82 bits per heavy atom. The van der Waals surface area contributed by atoms with E-state index in [1.165, 1.54) is 12.1 Å². The summed E-state index contributed by atoms with van der Waals surface area (Å²) in [7, 11) is 0. The van der Waals surface area contributed by atoms with Crippen molar-refractivity contribution in [2.75, 3.05) is 0 Å². The zero-order valence-electron chi connectivity index (χ0n) is 11.0. The molecular weight excluding hydrogens is 217 g/mol. The van der Waals surface area contributed by atoms with E-state index in [0.717, 1.165) is 5.56 Å². The smallest absolute Gasteiger partial charge is 0.123 e. The first-order chi connectivity index (χ1) is 7.91. The molecule has 1 aromatic carbocycles. The predicted octanol–water partition coefficient (Wildman–Crippen LogP) is 3.28. The summed E-state index contributed by atoms with van der Waals surface area (Å²) in [6.45, 7) is 8.07. The average Bonchev–Trinajstić information content (AvgIpc) is 2.24. The second-order valence-electron chi connectivity index (χ2n) is 4.92. The molecule has 17 heavy (non-hydrogen) atoms. The highest BCUT2D eigenvalue weighted by atomic mass is 19.1. The van der Waals surface area contributed by atoms with E-state index in [9.17, 15) is 4.39 Å². The highest BCUT2D eigenvalue weighted by Gasteiger charge is 2.21. The number of rotatable bonds is 5. The lowest BCUT2D eigenvalue weighted by molar-refractivity contribution is -0.0365. The second-order valence-corrected chi connectivity index (χ2v) is 4.92. The van der Waals surface area contributed by atoms with Crippen LogP contribution in [-0.2, 0) is 4.74 Å². The largest absolute Gasteiger partial charge is 0.369 e. The molecule has 3 heteroatoms. The van der Waals surface area contributed by atoms with Crippen LogP contribution in [0, 0.1) is 11.7 Å². The van der Waals surface area contributed by atoms with Gasteiger partial charge in [-0.1, -0.05) is 26.0 Å². The van der Waals surface area contributed by atoms with Crippen LogP contribution in [0.1, 0.15) is 39.4 Å². The molecule has 0 saturated carbocycles. The summed E-state index contributed by atoms with van der Waals surface area (Å²) in [6, 6.07) is 6.28. The van der Waals surface area contributed by atoms with Crippen LogP contribution in [0.3, 0.4) is 0 Å². The van der Waals surface area contributed by atoms with Crippen molar-refractivity contribution in [3.8, 4) is 0 Å². The fourth-order valence-corrected chi connectivity index (χ4v) is 1.58. The van der Waals surface area contributed by atoms with Crippen molar-refractivity contribution in [2.45, 2.75) is 45.9 Å². The van der Waals surface area contributed by atoms with Crippen molar-refractivity contribution in [3.05, 3.63) is 35.6 Å². The first kappa shape index (κ1) is 14.1. The normalized spacial score (nSPS) is 16.9. The molecule has 1 rings (SSSR count). The molecule has 0 radical (unpaired) electrons. The summed E-state index contributed by atoms with van der Waals surface area (Å²) in [6.07, 6.45) is -0.169. The molecule has 0 aliphatic carbocycles. The fraction of sp³-hybridized carbons (Fsp3) is 0.571. The number of nitrogens with two attached hydrogens (primary N) is 1. The molecular formula is C14H22FNO. The van der Waals surface area contributed by atoms with E-state index in [1.54, 1.807) is 6.07 Å². The van der Waals surface area contributed by atoms with E-state index < -0.39 is 0 Å². The number of benzene rings is 1. The first-order valence-corrected chi connectivity index (χ1v) is 6.08. The van der Waals surface area contributed by atoms with Gasteiger partial charge in [0, 0.05) is 6.04 Å². The highest BCUT2D eigenvalue weighted by molar-refractivity contribution is 5.20. The maximum absolute atomic E-state index is 13.2. The van der Waals surface area contributed by atoms with Crippen LogP contribution in [-0.4, -0.2) is 12.1 Å². The Bertz CT molecular complexity index is 352. The Kier molecular flexibility index (Phi) is 5.09. The zero-order valence-corrected chi connectivity index (χ0v) is 11.0. The van der Waals surface area contributed by atoms with Crippen molar-refractivity contribution in [2.24, 2.45) is 11.7 Å². The van der Waals surface area contributed by atoms with Gasteiger partial charge in [0.15, 0.2) is 0 Å². The number of hydrogen-bond acceptors (Lipinski definition) is 2. The topological polar surface area (TPSA) is 35.2 Å². The maximum atomic E-state index is 13.2. The summed E-state index contributed by atoms with van der Waals surface area (Å²) < 4.78 is 19.1. The lowest BCUT2D eigenvalue weighted by atomic mass is 10.0. The number of halogens is 1. The second kappa shape index (κ2) is 6.12. The number of hydrogen-bond donors (Lipinski definition) is 1. The van der Waals surface area contributed by atoms with Crippen molar-refractivity contribution >= 4 is 0 Å². The van der Waals surface area contributed by atoms with Crippen LogP contribution in [0.4, 0.5) is 4.39 Å². The van der Waals surface area contributed by atoms with Gasteiger partial charge in [-0.15, -0.1) is 0 Å². The first-order valence-electron chi connectivity index (χ1n) is 6.08. The third-order valence-corrected chi connectivity index (χ3v) is 2.95. The lowest BCUT2D eigenvalue weighted by Crippen LogP contribution is -2.31. The molecule has 2 N–H and O–H groups in total. The lowest BCUT2D eigenvalue weighted by Gasteiger charge is -2.27. The molecule has 0 aromatic heterocycles. The average molecular weight is 239 g/mol. The SMILES string of the molecule is CC(C)C(C)OC(c1cccc(F)c1)C(C)N. The summed E-state index contributed by atoms with van der Waals surface area (Å²) in [5, 5.41) is 0. The minimum atomic E-state index is -0.261. The van der Waals surface area contributed by atoms with Gasteiger partial charge in [-0.25, -0.2) is 4.39 Å². The van der Waals surface area contributed by atoms with Crippen molar-refractivity contribution in [1.82, 2.24) is 0 Å². The molecule has 0 aliphatic heterocycles. The van der Waals surface area contributed by atoms with Gasteiger partial charge in [-0.2, -0.15) is 0 Å². The van der Waals surface area contributed by atoms with E-state index in [2.05, 4.69) is 13.8 Å². The molecule has 1 aromatic rings. The van der Waals surface area contributed by atoms with Crippen LogP contribution in [0.25, 0.3) is 0 Å². The molecule has 2 nitrogen and oxygen atoms in total. The minimum Gasteiger partial charge on any atom is -0.369 e. The molecule has 0 spiro atoms. The fourth-order valence-electron chi connectivity index (χ4n) is 1.58. The van der Waals surface area contributed by atoms with Crippen molar-refractivity contribution in [1.29, 1.82) is 0 Å². The minimum absolute atomic E-state index is 0.0919. The van der Waals surface area contributed by atoms with Gasteiger partial charge in [0.1, 0.15) is 5.82 Å². The van der Waals surface area contributed by atoms with Gasteiger partial charge >= 0.3 is 0 Å². The number of ether oxygens (including phenoxy) is 1. The van der Waals surface area contributed by atoms with E-state index in [0.29, 0.717) is 5.92 Å². The van der Waals surface area contributed by atoms with Crippen LogP contribution in [0.15, 0.2) is 24.3 Å². The molecule has 96 valence electrons. The molecule has 0 amide bonds. The van der Waals surface area contributed by atoms with E-state index in [1.807, 2.05) is 19.9 Å².